The highest BCUT2D eigenvalue weighted by Gasteiger charge is 2.47. The highest BCUT2D eigenvalue weighted by atomic mass is 32.2. The van der Waals surface area contributed by atoms with Crippen molar-refractivity contribution in [2.75, 3.05) is 13.1 Å². The largest absolute Gasteiger partial charge is 0.346 e. The molecule has 1 atom stereocenters. The van der Waals surface area contributed by atoms with E-state index in [1.54, 1.807) is 17.1 Å². The maximum Gasteiger partial charge on any atom is 0.234 e. The SMILES string of the molecule is N#CCC1(n2cc(-c3ncnc4[nH]ccc34)cn2)CN(S(=O)O)C1. The van der Waals surface area contributed by atoms with E-state index in [-0.39, 0.29) is 6.42 Å². The summed E-state index contributed by atoms with van der Waals surface area (Å²) in [6, 6.07) is 4.04. The fourth-order valence-electron chi connectivity index (χ4n) is 3.01. The van der Waals surface area contributed by atoms with Crippen molar-refractivity contribution in [3.63, 3.8) is 0 Å². The van der Waals surface area contributed by atoms with Gasteiger partial charge in [-0.2, -0.15) is 14.7 Å². The Labute approximate surface area is 139 Å². The van der Waals surface area contributed by atoms with Crippen molar-refractivity contribution in [3.8, 4) is 17.3 Å². The second kappa shape index (κ2) is 5.48. The van der Waals surface area contributed by atoms with Gasteiger partial charge in [0.1, 0.15) is 17.5 Å². The van der Waals surface area contributed by atoms with Crippen LogP contribution in [-0.4, -0.2) is 50.9 Å². The van der Waals surface area contributed by atoms with E-state index < -0.39 is 16.8 Å². The Morgan fingerprint density at radius 1 is 1.46 bits per heavy atom. The zero-order valence-corrected chi connectivity index (χ0v) is 13.3. The fraction of sp³-hybridized carbons (Fsp3) is 0.286. The summed E-state index contributed by atoms with van der Waals surface area (Å²) in [5.41, 5.74) is 1.71. The van der Waals surface area contributed by atoms with Crippen molar-refractivity contribution < 1.29 is 8.76 Å². The topological polar surface area (TPSA) is 124 Å². The van der Waals surface area contributed by atoms with Crippen molar-refractivity contribution in [3.05, 3.63) is 31.0 Å². The van der Waals surface area contributed by atoms with E-state index in [1.165, 1.54) is 10.6 Å². The Morgan fingerprint density at radius 2 is 2.29 bits per heavy atom. The molecule has 1 fully saturated rings. The van der Waals surface area contributed by atoms with E-state index in [4.69, 9.17) is 9.81 Å². The van der Waals surface area contributed by atoms with Crippen molar-refractivity contribution in [1.29, 1.82) is 5.26 Å². The van der Waals surface area contributed by atoms with Crippen molar-refractivity contribution in [2.24, 2.45) is 0 Å². The van der Waals surface area contributed by atoms with Crippen LogP contribution < -0.4 is 0 Å². The van der Waals surface area contributed by atoms with Crippen LogP contribution in [0.5, 0.6) is 0 Å². The number of aromatic nitrogens is 5. The number of hydrogen-bond acceptors (Lipinski definition) is 5. The molecule has 1 aliphatic heterocycles. The lowest BCUT2D eigenvalue weighted by Crippen LogP contribution is -2.62. The average Bonchev–Trinajstić information content (AvgIpc) is 3.18. The van der Waals surface area contributed by atoms with Crippen LogP contribution in [0.25, 0.3) is 22.3 Å². The number of H-pyrrole nitrogens is 1. The molecule has 0 radical (unpaired) electrons. The predicted molar refractivity (Wildman–Crippen MR) is 85.7 cm³/mol. The van der Waals surface area contributed by atoms with Gasteiger partial charge in [0.05, 0.1) is 24.4 Å². The first-order chi connectivity index (χ1) is 11.6. The van der Waals surface area contributed by atoms with Crippen LogP contribution in [0.4, 0.5) is 0 Å². The minimum Gasteiger partial charge on any atom is -0.346 e. The molecule has 122 valence electrons. The lowest BCUT2D eigenvalue weighted by atomic mass is 9.89. The summed E-state index contributed by atoms with van der Waals surface area (Å²) in [5, 5.41) is 14.4. The number of hydrogen-bond donors (Lipinski definition) is 2. The van der Waals surface area contributed by atoms with Gasteiger partial charge in [-0.25, -0.2) is 14.2 Å². The number of nitrogens with one attached hydrogen (secondary N) is 1. The maximum atomic E-state index is 11.2. The molecule has 24 heavy (non-hydrogen) atoms. The highest BCUT2D eigenvalue weighted by molar-refractivity contribution is 7.76. The molecule has 9 nitrogen and oxygen atoms in total. The molecule has 4 rings (SSSR count). The molecule has 3 aromatic rings. The van der Waals surface area contributed by atoms with Gasteiger partial charge in [-0.15, -0.1) is 0 Å². The predicted octanol–water partition coefficient (Wildman–Crippen LogP) is 0.883. The zero-order chi connectivity index (χ0) is 16.7. The lowest BCUT2D eigenvalue weighted by molar-refractivity contribution is 0.0705. The van der Waals surface area contributed by atoms with E-state index in [1.807, 2.05) is 12.3 Å². The molecule has 2 N–H and O–H groups in total. The van der Waals surface area contributed by atoms with Crippen molar-refractivity contribution >= 4 is 22.3 Å². The molecule has 0 saturated carbocycles. The quantitative estimate of drug-likeness (QED) is 0.678. The molecular weight excluding hydrogens is 330 g/mol. The second-order valence-corrected chi connectivity index (χ2v) is 6.70. The van der Waals surface area contributed by atoms with Gasteiger partial charge in [0.2, 0.25) is 11.3 Å². The van der Waals surface area contributed by atoms with Crippen LogP contribution in [0.1, 0.15) is 6.42 Å². The summed E-state index contributed by atoms with van der Waals surface area (Å²) in [7, 11) is 0. The Balaban J connectivity index is 1.71. The van der Waals surface area contributed by atoms with E-state index in [0.29, 0.717) is 13.1 Å². The summed E-state index contributed by atoms with van der Waals surface area (Å²) in [4.78, 5) is 11.5. The third kappa shape index (κ3) is 2.22. The molecular formula is C14H13N7O2S. The summed E-state index contributed by atoms with van der Waals surface area (Å²) in [6.07, 6.45) is 7.00. The lowest BCUT2D eigenvalue weighted by Gasteiger charge is -2.46. The normalized spacial score (nSPS) is 18.2. The van der Waals surface area contributed by atoms with E-state index in [0.717, 1.165) is 22.3 Å². The first-order valence-electron chi connectivity index (χ1n) is 7.19. The molecule has 1 aliphatic rings. The number of nitriles is 1. The number of fused-ring (bicyclic) bond motifs is 1. The zero-order valence-electron chi connectivity index (χ0n) is 12.5. The summed E-state index contributed by atoms with van der Waals surface area (Å²) < 4.78 is 23.4. The first-order valence-corrected chi connectivity index (χ1v) is 8.26. The van der Waals surface area contributed by atoms with Crippen molar-refractivity contribution in [1.82, 2.24) is 29.0 Å². The van der Waals surface area contributed by atoms with E-state index in [2.05, 4.69) is 26.1 Å². The minimum atomic E-state index is -2.03. The molecule has 1 saturated heterocycles. The Hall–Kier alpha value is -2.61. The molecule has 0 amide bonds. The van der Waals surface area contributed by atoms with Crippen LogP contribution in [0, 0.1) is 11.3 Å². The Morgan fingerprint density at radius 3 is 3.04 bits per heavy atom. The fourth-order valence-corrected chi connectivity index (χ4v) is 3.71. The van der Waals surface area contributed by atoms with Gasteiger partial charge < -0.3 is 4.98 Å². The molecule has 0 aliphatic carbocycles. The molecule has 1 unspecified atom stereocenters. The van der Waals surface area contributed by atoms with E-state index in [9.17, 15) is 4.21 Å². The minimum absolute atomic E-state index is 0.213. The molecule has 0 aromatic carbocycles. The summed E-state index contributed by atoms with van der Waals surface area (Å²) in [6.45, 7) is 0.599. The third-order valence-corrected chi connectivity index (χ3v) is 4.97. The van der Waals surface area contributed by atoms with Gasteiger partial charge in [-0.3, -0.25) is 9.23 Å². The monoisotopic (exact) mass is 343 g/mol. The van der Waals surface area contributed by atoms with Crippen LogP contribution in [-0.2, 0) is 16.8 Å². The van der Waals surface area contributed by atoms with Gasteiger partial charge in [-0.05, 0) is 6.07 Å². The van der Waals surface area contributed by atoms with Crippen LogP contribution in [0.3, 0.4) is 0 Å². The van der Waals surface area contributed by atoms with Crippen LogP contribution in [0.15, 0.2) is 31.0 Å². The Kier molecular flexibility index (Phi) is 3.42. The van der Waals surface area contributed by atoms with E-state index >= 15 is 0 Å². The standard InChI is InChI=1S/C14H13N7O2S/c15-3-2-14(7-20(8-14)24(22)23)21-6-10(5-19-21)12-11-1-4-16-13(11)18-9-17-12/h1,4-6,9H,2,7-8H2,(H,22,23)(H,16,17,18). The molecule has 0 spiro atoms. The molecule has 3 aromatic heterocycles. The average molecular weight is 343 g/mol. The van der Waals surface area contributed by atoms with Gasteiger partial charge in [0.15, 0.2) is 0 Å². The van der Waals surface area contributed by atoms with Gasteiger partial charge in [0, 0.05) is 36.4 Å². The molecule has 4 heterocycles. The van der Waals surface area contributed by atoms with Crippen LogP contribution in [0.2, 0.25) is 0 Å². The Bertz CT molecular complexity index is 967. The first kappa shape index (κ1) is 14.9. The van der Waals surface area contributed by atoms with Crippen LogP contribution >= 0.6 is 0 Å². The van der Waals surface area contributed by atoms with Gasteiger partial charge >= 0.3 is 0 Å². The highest BCUT2D eigenvalue weighted by Crippen LogP contribution is 2.34. The number of rotatable bonds is 4. The maximum absolute atomic E-state index is 11.2. The smallest absolute Gasteiger partial charge is 0.234 e. The number of nitrogens with zero attached hydrogens (tertiary/aromatic N) is 6. The van der Waals surface area contributed by atoms with Gasteiger partial charge in [-0.1, -0.05) is 0 Å². The molecule has 0 bridgehead atoms. The number of aromatic amines is 1. The second-order valence-electron chi connectivity index (χ2n) is 5.72. The summed E-state index contributed by atoms with van der Waals surface area (Å²) in [5.74, 6) is 0. The third-order valence-electron chi connectivity index (χ3n) is 4.27. The molecule has 10 heteroatoms. The van der Waals surface area contributed by atoms with Gasteiger partial charge in [0.25, 0.3) is 0 Å². The summed E-state index contributed by atoms with van der Waals surface area (Å²) >= 11 is -2.03. The van der Waals surface area contributed by atoms with Crippen molar-refractivity contribution in [2.45, 2.75) is 12.0 Å².